The fraction of sp³-hybridized carbons (Fsp3) is 0.458. The van der Waals surface area contributed by atoms with Gasteiger partial charge in [0.05, 0.1) is 24.7 Å². The van der Waals surface area contributed by atoms with Gasteiger partial charge < -0.3 is 15.0 Å². The Morgan fingerprint density at radius 1 is 1.10 bits per heavy atom. The van der Waals surface area contributed by atoms with Gasteiger partial charge in [-0.15, -0.1) is 0 Å². The fourth-order valence-electron chi connectivity index (χ4n) is 3.80. The first-order valence-corrected chi connectivity index (χ1v) is 12.7. The van der Waals surface area contributed by atoms with Crippen molar-refractivity contribution in [3.05, 3.63) is 71.8 Å². The average Bonchev–Trinajstić information content (AvgIpc) is 3.23. The molecule has 1 aliphatic heterocycles. The van der Waals surface area contributed by atoms with E-state index in [0.29, 0.717) is 25.5 Å². The average molecular weight is 444 g/mol. The summed E-state index contributed by atoms with van der Waals surface area (Å²) in [6.45, 7) is 3.81. The van der Waals surface area contributed by atoms with E-state index in [2.05, 4.69) is 27.3 Å². The highest BCUT2D eigenvalue weighted by Gasteiger charge is 2.25. The first kappa shape index (κ1) is 23.3. The lowest BCUT2D eigenvalue weighted by molar-refractivity contribution is 0.0907. The van der Waals surface area contributed by atoms with Gasteiger partial charge in [-0.05, 0) is 24.0 Å². The molecule has 3 rings (SSSR count). The number of hydrogen-bond donors (Lipinski definition) is 1. The summed E-state index contributed by atoms with van der Waals surface area (Å²) >= 11 is 0. The van der Waals surface area contributed by atoms with E-state index in [1.54, 1.807) is 7.05 Å². The number of nitrogens with zero attached hydrogens (tertiary/aromatic N) is 2. The molecule has 0 saturated carbocycles. The van der Waals surface area contributed by atoms with Crippen LogP contribution in [0.4, 0.5) is 0 Å². The van der Waals surface area contributed by atoms with Crippen LogP contribution in [0.1, 0.15) is 24.0 Å². The van der Waals surface area contributed by atoms with E-state index < -0.39 is 9.84 Å². The Bertz CT molecular complexity index is 918. The molecule has 1 atom stereocenters. The number of hydrogen-bond acceptors (Lipinski definition) is 4. The molecule has 168 valence electrons. The molecule has 2 aromatic carbocycles. The van der Waals surface area contributed by atoms with E-state index in [1.807, 2.05) is 48.5 Å². The molecular weight excluding hydrogens is 410 g/mol. The van der Waals surface area contributed by atoms with Gasteiger partial charge in [0, 0.05) is 32.6 Å². The molecule has 31 heavy (non-hydrogen) atoms. The Balaban J connectivity index is 1.34. The van der Waals surface area contributed by atoms with Gasteiger partial charge in [0.1, 0.15) is 0 Å². The maximum atomic E-state index is 12.3. The molecule has 0 bridgehead atoms. The van der Waals surface area contributed by atoms with Crippen molar-refractivity contribution in [3.63, 3.8) is 0 Å². The largest absolute Gasteiger partial charge is 0.376 e. The van der Waals surface area contributed by atoms with Gasteiger partial charge in [0.2, 0.25) is 0 Å². The van der Waals surface area contributed by atoms with Crippen molar-refractivity contribution >= 4 is 15.8 Å². The molecule has 6 nitrogen and oxygen atoms in total. The number of sulfone groups is 1. The van der Waals surface area contributed by atoms with Crippen LogP contribution in [0.25, 0.3) is 0 Å². The lowest BCUT2D eigenvalue weighted by Crippen LogP contribution is -2.41. The van der Waals surface area contributed by atoms with Gasteiger partial charge in [-0.2, -0.15) is 0 Å². The minimum absolute atomic E-state index is 0.0966. The van der Waals surface area contributed by atoms with Crippen molar-refractivity contribution in [1.82, 2.24) is 10.2 Å². The summed E-state index contributed by atoms with van der Waals surface area (Å²) in [5.74, 6) is 1.58. The molecule has 1 heterocycles. The standard InChI is InChI=1S/C24H33N3O3S/c1-25-24(26-14-8-16-31(28,29)20-22-11-6-3-7-12-22)27-15-13-23(17-27)19-30-18-21-9-4-2-5-10-21/h2-7,9-12,23H,8,13-20H2,1H3,(H,25,26). The SMILES string of the molecule is CN=C(NCCCS(=O)(=O)Cc1ccccc1)N1CCC(COCc2ccccc2)C1. The highest BCUT2D eigenvalue weighted by Crippen LogP contribution is 2.17. The quantitative estimate of drug-likeness (QED) is 0.347. The Hall–Kier alpha value is -2.38. The molecule has 0 aliphatic carbocycles. The van der Waals surface area contributed by atoms with Crippen LogP contribution < -0.4 is 5.32 Å². The highest BCUT2D eigenvalue weighted by atomic mass is 32.2. The Labute approximate surface area is 186 Å². The Morgan fingerprint density at radius 2 is 1.77 bits per heavy atom. The predicted molar refractivity (Wildman–Crippen MR) is 126 cm³/mol. The zero-order chi connectivity index (χ0) is 21.9. The second-order valence-corrected chi connectivity index (χ2v) is 10.2. The third-order valence-corrected chi connectivity index (χ3v) is 7.09. The molecule has 0 radical (unpaired) electrons. The summed E-state index contributed by atoms with van der Waals surface area (Å²) in [6.07, 6.45) is 1.63. The maximum absolute atomic E-state index is 12.3. The summed E-state index contributed by atoms with van der Waals surface area (Å²) < 4.78 is 30.6. The molecule has 0 aromatic heterocycles. The number of nitrogens with one attached hydrogen (secondary N) is 1. The van der Waals surface area contributed by atoms with Gasteiger partial charge in [-0.25, -0.2) is 8.42 Å². The molecular formula is C24H33N3O3S. The molecule has 1 unspecified atom stereocenters. The summed E-state index contributed by atoms with van der Waals surface area (Å²) in [6, 6.07) is 19.5. The Morgan fingerprint density at radius 3 is 2.45 bits per heavy atom. The van der Waals surface area contributed by atoms with Gasteiger partial charge in [0.25, 0.3) is 0 Å². The molecule has 1 N–H and O–H groups in total. The third kappa shape index (κ3) is 7.99. The van der Waals surface area contributed by atoms with E-state index in [4.69, 9.17) is 4.74 Å². The summed E-state index contributed by atoms with van der Waals surface area (Å²) in [7, 11) is -1.34. The van der Waals surface area contributed by atoms with Crippen molar-refractivity contribution in [3.8, 4) is 0 Å². The van der Waals surface area contributed by atoms with Crippen molar-refractivity contribution in [1.29, 1.82) is 0 Å². The summed E-state index contributed by atoms with van der Waals surface area (Å²) in [5, 5.41) is 3.32. The van der Waals surface area contributed by atoms with E-state index in [0.717, 1.165) is 37.6 Å². The van der Waals surface area contributed by atoms with Crippen LogP contribution in [0.2, 0.25) is 0 Å². The van der Waals surface area contributed by atoms with Crippen molar-refractivity contribution < 1.29 is 13.2 Å². The maximum Gasteiger partial charge on any atom is 0.193 e. The topological polar surface area (TPSA) is 71.0 Å². The predicted octanol–water partition coefficient (Wildman–Crippen LogP) is 3.11. The molecule has 7 heteroatoms. The van der Waals surface area contributed by atoms with Gasteiger partial charge in [-0.1, -0.05) is 60.7 Å². The molecule has 1 saturated heterocycles. The molecule has 1 aliphatic rings. The molecule has 2 aromatic rings. The second-order valence-electron chi connectivity index (χ2n) is 8.01. The van der Waals surface area contributed by atoms with Crippen LogP contribution >= 0.6 is 0 Å². The molecule has 0 spiro atoms. The van der Waals surface area contributed by atoms with E-state index in [1.165, 1.54) is 5.56 Å². The van der Waals surface area contributed by atoms with Gasteiger partial charge in [0.15, 0.2) is 15.8 Å². The fourth-order valence-corrected chi connectivity index (χ4v) is 5.23. The lowest BCUT2D eigenvalue weighted by atomic mass is 10.1. The number of ether oxygens (including phenoxy) is 1. The normalized spacial score (nSPS) is 17.1. The van der Waals surface area contributed by atoms with E-state index in [-0.39, 0.29) is 11.5 Å². The van der Waals surface area contributed by atoms with Gasteiger partial charge >= 0.3 is 0 Å². The zero-order valence-corrected chi connectivity index (χ0v) is 19.1. The number of likely N-dealkylation sites (tertiary alicyclic amines) is 1. The van der Waals surface area contributed by atoms with Crippen LogP contribution in [0.15, 0.2) is 65.7 Å². The van der Waals surface area contributed by atoms with Crippen molar-refractivity contribution in [2.75, 3.05) is 39.0 Å². The first-order valence-electron chi connectivity index (χ1n) is 10.9. The van der Waals surface area contributed by atoms with Crippen LogP contribution in [-0.2, 0) is 26.9 Å². The number of aliphatic imine (C=N–C) groups is 1. The van der Waals surface area contributed by atoms with Crippen LogP contribution in [0.5, 0.6) is 0 Å². The minimum Gasteiger partial charge on any atom is -0.376 e. The van der Waals surface area contributed by atoms with Crippen LogP contribution in [0.3, 0.4) is 0 Å². The number of benzene rings is 2. The third-order valence-electron chi connectivity index (χ3n) is 5.41. The van der Waals surface area contributed by atoms with Crippen LogP contribution in [-0.4, -0.2) is 58.3 Å². The van der Waals surface area contributed by atoms with Crippen LogP contribution in [0, 0.1) is 5.92 Å². The summed E-state index contributed by atoms with van der Waals surface area (Å²) in [5.41, 5.74) is 2.03. The smallest absolute Gasteiger partial charge is 0.193 e. The molecule has 1 fully saturated rings. The number of rotatable bonds is 10. The van der Waals surface area contributed by atoms with E-state index in [9.17, 15) is 8.42 Å². The monoisotopic (exact) mass is 443 g/mol. The number of guanidine groups is 1. The highest BCUT2D eigenvalue weighted by molar-refractivity contribution is 7.90. The minimum atomic E-state index is -3.11. The van der Waals surface area contributed by atoms with Gasteiger partial charge in [-0.3, -0.25) is 4.99 Å². The van der Waals surface area contributed by atoms with Crippen molar-refractivity contribution in [2.24, 2.45) is 10.9 Å². The second kappa shape index (κ2) is 11.9. The first-order chi connectivity index (χ1) is 15.1. The summed E-state index contributed by atoms with van der Waals surface area (Å²) in [4.78, 5) is 6.61. The van der Waals surface area contributed by atoms with E-state index >= 15 is 0 Å². The zero-order valence-electron chi connectivity index (χ0n) is 18.2. The lowest BCUT2D eigenvalue weighted by Gasteiger charge is -2.21. The van der Waals surface area contributed by atoms with Crippen molar-refractivity contribution in [2.45, 2.75) is 25.2 Å². The molecule has 0 amide bonds. The Kier molecular flexibility index (Phi) is 8.91.